The van der Waals surface area contributed by atoms with E-state index in [1.807, 2.05) is 41.5 Å². The lowest BCUT2D eigenvalue weighted by molar-refractivity contribution is -0.143. The Bertz CT molecular complexity index is 763. The molecule has 0 aliphatic carbocycles. The van der Waals surface area contributed by atoms with Crippen LogP contribution in [0.3, 0.4) is 0 Å². The van der Waals surface area contributed by atoms with Crippen molar-refractivity contribution in [1.29, 1.82) is 0 Å². The zero-order valence-corrected chi connectivity index (χ0v) is 17.3. The molecule has 2 aromatic rings. The molecule has 0 radical (unpaired) electrons. The number of carbonyl (C=O) groups excluding carboxylic acids is 1. The normalized spacial score (nSPS) is 18.7. The number of benzene rings is 1. The van der Waals surface area contributed by atoms with Gasteiger partial charge in [0.1, 0.15) is 5.82 Å². The molecule has 1 amide bonds. The molecule has 146 valence electrons. The number of thioether (sulfide) groups is 1. The van der Waals surface area contributed by atoms with Gasteiger partial charge >= 0.3 is 0 Å². The third kappa shape index (κ3) is 4.19. The molecule has 2 atom stereocenters. The molecule has 1 aromatic carbocycles. The third-order valence-corrected chi connectivity index (χ3v) is 5.69. The predicted molar refractivity (Wildman–Crippen MR) is 107 cm³/mol. The van der Waals surface area contributed by atoms with Gasteiger partial charge in [-0.3, -0.25) is 4.79 Å². The fourth-order valence-electron chi connectivity index (χ4n) is 3.75. The lowest BCUT2D eigenvalue weighted by Gasteiger charge is -2.34. The molecular weight excluding hydrogens is 360 g/mol. The number of likely N-dealkylation sites (tertiary alicyclic amines) is 1. The van der Waals surface area contributed by atoms with Crippen LogP contribution in [0.5, 0.6) is 0 Å². The number of hydrogen-bond acceptors (Lipinski definition) is 5. The summed E-state index contributed by atoms with van der Waals surface area (Å²) in [5, 5.41) is 9.75. The molecule has 1 aliphatic rings. The van der Waals surface area contributed by atoms with Crippen LogP contribution >= 0.6 is 11.8 Å². The minimum Gasteiger partial charge on any atom is -0.367 e. The predicted octanol–water partition coefficient (Wildman–Crippen LogP) is 3.67. The summed E-state index contributed by atoms with van der Waals surface area (Å²) < 4.78 is 7.75. The van der Waals surface area contributed by atoms with Crippen LogP contribution in [0.1, 0.15) is 56.1 Å². The van der Waals surface area contributed by atoms with Crippen LogP contribution in [0.15, 0.2) is 35.5 Å². The first kappa shape index (κ1) is 19.9. The molecule has 1 fully saturated rings. The van der Waals surface area contributed by atoms with Gasteiger partial charge < -0.3 is 14.2 Å². The van der Waals surface area contributed by atoms with Gasteiger partial charge in [-0.2, -0.15) is 0 Å². The highest BCUT2D eigenvalue weighted by Gasteiger charge is 2.33. The molecule has 2 heterocycles. The van der Waals surface area contributed by atoms with Gasteiger partial charge in [-0.05, 0) is 38.5 Å². The SMILES string of the molecule is COC(C(=O)N1CCCC(c2nnc(SC)n2C(C)C)C1)c1ccccc1. The van der Waals surface area contributed by atoms with Crippen molar-refractivity contribution in [3.8, 4) is 0 Å². The Hall–Kier alpha value is -1.86. The fraction of sp³-hybridized carbons (Fsp3) is 0.550. The zero-order chi connectivity index (χ0) is 19.4. The number of amides is 1. The fourth-order valence-corrected chi connectivity index (χ4v) is 4.38. The van der Waals surface area contributed by atoms with E-state index in [2.05, 4.69) is 28.6 Å². The molecule has 1 saturated heterocycles. The number of methoxy groups -OCH3 is 1. The average Bonchev–Trinajstić information content (AvgIpc) is 3.14. The first-order chi connectivity index (χ1) is 13.1. The monoisotopic (exact) mass is 388 g/mol. The zero-order valence-electron chi connectivity index (χ0n) is 16.5. The second kappa shape index (κ2) is 8.89. The summed E-state index contributed by atoms with van der Waals surface area (Å²) in [6.07, 6.45) is 3.44. The summed E-state index contributed by atoms with van der Waals surface area (Å²) in [6.45, 7) is 5.71. The second-order valence-corrected chi connectivity index (χ2v) is 7.93. The van der Waals surface area contributed by atoms with E-state index in [4.69, 9.17) is 4.74 Å². The van der Waals surface area contributed by atoms with Crippen LogP contribution in [0, 0.1) is 0 Å². The van der Waals surface area contributed by atoms with Crippen molar-refractivity contribution in [2.45, 2.75) is 49.9 Å². The van der Waals surface area contributed by atoms with Crippen molar-refractivity contribution in [2.24, 2.45) is 0 Å². The highest BCUT2D eigenvalue weighted by molar-refractivity contribution is 7.98. The first-order valence-corrected chi connectivity index (χ1v) is 10.6. The standard InChI is InChI=1S/C20H28N4O2S/c1-14(2)24-18(21-22-20(24)27-4)16-11-8-12-23(13-16)19(25)17(26-3)15-9-6-5-7-10-15/h5-7,9-10,14,16-17H,8,11-13H2,1-4H3. The molecule has 0 spiro atoms. The maximum Gasteiger partial charge on any atom is 0.256 e. The summed E-state index contributed by atoms with van der Waals surface area (Å²) in [5.41, 5.74) is 0.891. The van der Waals surface area contributed by atoms with Gasteiger partial charge in [-0.1, -0.05) is 42.1 Å². The number of carbonyl (C=O) groups is 1. The Balaban J connectivity index is 1.80. The van der Waals surface area contributed by atoms with E-state index in [0.717, 1.165) is 35.9 Å². The molecular formula is C20H28N4O2S. The molecule has 27 heavy (non-hydrogen) atoms. The van der Waals surface area contributed by atoms with E-state index in [-0.39, 0.29) is 11.8 Å². The number of piperidine rings is 1. The quantitative estimate of drug-likeness (QED) is 0.707. The van der Waals surface area contributed by atoms with Gasteiger partial charge in [0.05, 0.1) is 0 Å². The second-order valence-electron chi connectivity index (χ2n) is 7.16. The largest absolute Gasteiger partial charge is 0.367 e. The summed E-state index contributed by atoms with van der Waals surface area (Å²) >= 11 is 1.61. The van der Waals surface area contributed by atoms with Crippen LogP contribution in [-0.4, -0.2) is 52.0 Å². The van der Waals surface area contributed by atoms with E-state index in [9.17, 15) is 4.79 Å². The molecule has 3 rings (SSSR count). The average molecular weight is 389 g/mol. The number of ether oxygens (including phenoxy) is 1. The van der Waals surface area contributed by atoms with Gasteiger partial charge in [0.15, 0.2) is 11.3 Å². The van der Waals surface area contributed by atoms with Crippen LogP contribution in [-0.2, 0) is 9.53 Å². The highest BCUT2D eigenvalue weighted by Crippen LogP contribution is 2.31. The molecule has 1 aromatic heterocycles. The van der Waals surface area contributed by atoms with Crippen molar-refractivity contribution < 1.29 is 9.53 Å². The van der Waals surface area contributed by atoms with Crippen molar-refractivity contribution in [3.63, 3.8) is 0 Å². The Morgan fingerprint density at radius 2 is 2.00 bits per heavy atom. The minimum absolute atomic E-state index is 0.0223. The smallest absolute Gasteiger partial charge is 0.256 e. The Morgan fingerprint density at radius 3 is 2.63 bits per heavy atom. The summed E-state index contributed by atoms with van der Waals surface area (Å²) in [7, 11) is 1.59. The van der Waals surface area contributed by atoms with E-state index < -0.39 is 6.10 Å². The van der Waals surface area contributed by atoms with E-state index in [1.54, 1.807) is 18.9 Å². The van der Waals surface area contributed by atoms with Gasteiger partial charge in [-0.25, -0.2) is 0 Å². The van der Waals surface area contributed by atoms with Crippen molar-refractivity contribution in [2.75, 3.05) is 26.5 Å². The molecule has 0 bridgehead atoms. The van der Waals surface area contributed by atoms with Crippen molar-refractivity contribution >= 4 is 17.7 Å². The molecule has 6 nitrogen and oxygen atoms in total. The molecule has 0 N–H and O–H groups in total. The summed E-state index contributed by atoms with van der Waals surface area (Å²) in [4.78, 5) is 15.1. The maximum atomic E-state index is 13.1. The number of rotatable bonds is 6. The first-order valence-electron chi connectivity index (χ1n) is 9.42. The Kier molecular flexibility index (Phi) is 6.55. The van der Waals surface area contributed by atoms with Gasteiger partial charge in [-0.15, -0.1) is 10.2 Å². The van der Waals surface area contributed by atoms with E-state index in [0.29, 0.717) is 12.6 Å². The maximum absolute atomic E-state index is 13.1. The van der Waals surface area contributed by atoms with Crippen LogP contribution in [0.25, 0.3) is 0 Å². The molecule has 7 heteroatoms. The number of aromatic nitrogens is 3. The van der Waals surface area contributed by atoms with Crippen LogP contribution in [0.4, 0.5) is 0 Å². The van der Waals surface area contributed by atoms with Crippen LogP contribution in [0.2, 0.25) is 0 Å². The Labute approximate surface area is 165 Å². The number of nitrogens with zero attached hydrogens (tertiary/aromatic N) is 4. The molecule has 2 unspecified atom stereocenters. The summed E-state index contributed by atoms with van der Waals surface area (Å²) in [6, 6.07) is 9.98. The van der Waals surface area contributed by atoms with E-state index >= 15 is 0 Å². The molecule has 1 aliphatic heterocycles. The minimum atomic E-state index is -0.560. The number of hydrogen-bond donors (Lipinski definition) is 0. The lowest BCUT2D eigenvalue weighted by Crippen LogP contribution is -2.42. The molecule has 0 saturated carbocycles. The van der Waals surface area contributed by atoms with Gasteiger partial charge in [0, 0.05) is 32.2 Å². The van der Waals surface area contributed by atoms with Crippen molar-refractivity contribution in [1.82, 2.24) is 19.7 Å². The van der Waals surface area contributed by atoms with Gasteiger partial charge in [0.2, 0.25) is 0 Å². The van der Waals surface area contributed by atoms with Gasteiger partial charge in [0.25, 0.3) is 5.91 Å². The van der Waals surface area contributed by atoms with Crippen LogP contribution < -0.4 is 0 Å². The van der Waals surface area contributed by atoms with Crippen molar-refractivity contribution in [3.05, 3.63) is 41.7 Å². The Morgan fingerprint density at radius 1 is 1.26 bits per heavy atom. The lowest BCUT2D eigenvalue weighted by atomic mass is 9.96. The summed E-state index contributed by atoms with van der Waals surface area (Å²) in [5.74, 6) is 1.21. The van der Waals surface area contributed by atoms with E-state index in [1.165, 1.54) is 0 Å². The third-order valence-electron chi connectivity index (χ3n) is 5.05. The topological polar surface area (TPSA) is 60.2 Å². The highest BCUT2D eigenvalue weighted by atomic mass is 32.2.